The van der Waals surface area contributed by atoms with E-state index in [0.29, 0.717) is 6.61 Å². The Labute approximate surface area is 83.1 Å². The maximum absolute atomic E-state index is 10.9. The minimum atomic E-state index is -0.190. The van der Waals surface area contributed by atoms with E-state index >= 15 is 0 Å². The van der Waals surface area contributed by atoms with Crippen molar-refractivity contribution >= 4 is 11.6 Å². The molecule has 1 aromatic carbocycles. The van der Waals surface area contributed by atoms with E-state index in [4.69, 9.17) is 10.5 Å². The lowest BCUT2D eigenvalue weighted by Gasteiger charge is -2.04. The molecular formula is C10H14N2O2. The summed E-state index contributed by atoms with van der Waals surface area (Å²) in [6, 6.07) is 7.44. The summed E-state index contributed by atoms with van der Waals surface area (Å²) in [6.45, 7) is 0.574. The van der Waals surface area contributed by atoms with Crippen molar-refractivity contribution in [2.24, 2.45) is 5.73 Å². The molecule has 0 aliphatic rings. The lowest BCUT2D eigenvalue weighted by molar-refractivity contribution is -0.114. The van der Waals surface area contributed by atoms with Crippen molar-refractivity contribution in [1.29, 1.82) is 0 Å². The molecule has 3 N–H and O–H groups in total. The normalized spacial score (nSPS) is 9.86. The Morgan fingerprint density at radius 2 is 2.07 bits per heavy atom. The average molecular weight is 194 g/mol. The third kappa shape index (κ3) is 3.16. The van der Waals surface area contributed by atoms with Gasteiger partial charge in [-0.25, -0.2) is 0 Å². The number of nitrogens with one attached hydrogen (secondary N) is 1. The van der Waals surface area contributed by atoms with Crippen molar-refractivity contribution in [2.75, 3.05) is 19.0 Å². The Morgan fingerprint density at radius 3 is 2.57 bits per heavy atom. The van der Waals surface area contributed by atoms with E-state index in [1.54, 1.807) is 7.11 Å². The van der Waals surface area contributed by atoms with Gasteiger partial charge in [0.05, 0.1) is 13.2 Å². The molecule has 0 saturated heterocycles. The first-order valence-electron chi connectivity index (χ1n) is 4.34. The number of amides is 1. The van der Waals surface area contributed by atoms with E-state index in [-0.39, 0.29) is 12.5 Å². The standard InChI is InChI=1S/C10H14N2O2/c1-14-7-8-2-4-9(5-3-8)12-10(13)6-11/h2-5H,6-7,11H2,1H3,(H,12,13). The van der Waals surface area contributed by atoms with Crippen LogP contribution in [0, 0.1) is 0 Å². The van der Waals surface area contributed by atoms with Gasteiger partial charge in [0.1, 0.15) is 0 Å². The van der Waals surface area contributed by atoms with Crippen molar-refractivity contribution in [1.82, 2.24) is 0 Å². The SMILES string of the molecule is COCc1ccc(NC(=O)CN)cc1. The van der Waals surface area contributed by atoms with Crippen LogP contribution in [0.4, 0.5) is 5.69 Å². The molecule has 0 atom stereocenters. The molecule has 1 aromatic rings. The molecule has 76 valence electrons. The molecule has 0 bridgehead atoms. The summed E-state index contributed by atoms with van der Waals surface area (Å²) in [5.74, 6) is -0.190. The second-order valence-corrected chi connectivity index (χ2v) is 2.88. The number of carbonyl (C=O) groups excluding carboxylic acids is 1. The van der Waals surface area contributed by atoms with Gasteiger partial charge in [-0.15, -0.1) is 0 Å². The molecular weight excluding hydrogens is 180 g/mol. The molecule has 14 heavy (non-hydrogen) atoms. The van der Waals surface area contributed by atoms with Crippen LogP contribution in [0.2, 0.25) is 0 Å². The van der Waals surface area contributed by atoms with Gasteiger partial charge in [-0.05, 0) is 17.7 Å². The predicted molar refractivity (Wildman–Crippen MR) is 54.8 cm³/mol. The number of hydrogen-bond acceptors (Lipinski definition) is 3. The largest absolute Gasteiger partial charge is 0.380 e. The van der Waals surface area contributed by atoms with Gasteiger partial charge in [0.2, 0.25) is 5.91 Å². The number of ether oxygens (including phenoxy) is 1. The number of nitrogens with two attached hydrogens (primary N) is 1. The van der Waals surface area contributed by atoms with Gasteiger partial charge in [0.25, 0.3) is 0 Å². The van der Waals surface area contributed by atoms with E-state index < -0.39 is 0 Å². The van der Waals surface area contributed by atoms with Gasteiger partial charge in [0.15, 0.2) is 0 Å². The van der Waals surface area contributed by atoms with Crippen LogP contribution in [0.15, 0.2) is 24.3 Å². The Morgan fingerprint density at radius 1 is 1.43 bits per heavy atom. The molecule has 0 aliphatic carbocycles. The Bertz CT molecular complexity index is 295. The zero-order valence-corrected chi connectivity index (χ0v) is 8.12. The molecule has 4 nitrogen and oxygen atoms in total. The van der Waals surface area contributed by atoms with Crippen molar-refractivity contribution in [3.8, 4) is 0 Å². The van der Waals surface area contributed by atoms with Crippen LogP contribution in [0.5, 0.6) is 0 Å². The highest BCUT2D eigenvalue weighted by Crippen LogP contribution is 2.09. The minimum absolute atomic E-state index is 0.000176. The van der Waals surface area contributed by atoms with Gasteiger partial charge in [0, 0.05) is 12.8 Å². The molecule has 0 heterocycles. The van der Waals surface area contributed by atoms with E-state index in [9.17, 15) is 4.79 Å². The van der Waals surface area contributed by atoms with Crippen LogP contribution >= 0.6 is 0 Å². The number of anilines is 1. The number of hydrogen-bond donors (Lipinski definition) is 2. The second kappa shape index (κ2) is 5.36. The molecule has 1 amide bonds. The van der Waals surface area contributed by atoms with Crippen LogP contribution in [0.3, 0.4) is 0 Å². The zero-order valence-electron chi connectivity index (χ0n) is 8.12. The lowest BCUT2D eigenvalue weighted by atomic mass is 10.2. The maximum atomic E-state index is 10.9. The maximum Gasteiger partial charge on any atom is 0.238 e. The van der Waals surface area contributed by atoms with Crippen molar-refractivity contribution in [3.63, 3.8) is 0 Å². The van der Waals surface area contributed by atoms with E-state index in [1.807, 2.05) is 24.3 Å². The summed E-state index contributed by atoms with van der Waals surface area (Å²) in [6.07, 6.45) is 0. The fourth-order valence-electron chi connectivity index (χ4n) is 1.06. The smallest absolute Gasteiger partial charge is 0.238 e. The fourth-order valence-corrected chi connectivity index (χ4v) is 1.06. The molecule has 0 fully saturated rings. The van der Waals surface area contributed by atoms with Crippen molar-refractivity contribution in [3.05, 3.63) is 29.8 Å². The van der Waals surface area contributed by atoms with Crippen molar-refractivity contribution in [2.45, 2.75) is 6.61 Å². The molecule has 0 radical (unpaired) electrons. The molecule has 1 rings (SSSR count). The van der Waals surface area contributed by atoms with E-state index in [0.717, 1.165) is 11.3 Å². The van der Waals surface area contributed by atoms with E-state index in [2.05, 4.69) is 5.32 Å². The molecule has 0 spiro atoms. The highest BCUT2D eigenvalue weighted by Gasteiger charge is 1.98. The molecule has 0 aliphatic heterocycles. The second-order valence-electron chi connectivity index (χ2n) is 2.88. The van der Waals surface area contributed by atoms with Crippen LogP contribution in [0.25, 0.3) is 0 Å². The Balaban J connectivity index is 2.59. The average Bonchev–Trinajstić information content (AvgIpc) is 2.21. The molecule has 0 unspecified atom stereocenters. The van der Waals surface area contributed by atoms with Gasteiger partial charge >= 0.3 is 0 Å². The molecule has 4 heteroatoms. The van der Waals surface area contributed by atoms with Crippen LogP contribution in [-0.4, -0.2) is 19.6 Å². The lowest BCUT2D eigenvalue weighted by Crippen LogP contribution is -2.21. The first-order valence-corrected chi connectivity index (χ1v) is 4.34. The first-order chi connectivity index (χ1) is 6.76. The minimum Gasteiger partial charge on any atom is -0.380 e. The van der Waals surface area contributed by atoms with Gasteiger partial charge in [-0.2, -0.15) is 0 Å². The molecule has 0 saturated carbocycles. The predicted octanol–water partition coefficient (Wildman–Crippen LogP) is 0.730. The summed E-state index contributed by atoms with van der Waals surface area (Å²) >= 11 is 0. The fraction of sp³-hybridized carbons (Fsp3) is 0.300. The van der Waals surface area contributed by atoms with Crippen LogP contribution in [0.1, 0.15) is 5.56 Å². The third-order valence-electron chi connectivity index (χ3n) is 1.73. The topological polar surface area (TPSA) is 64.3 Å². The quantitative estimate of drug-likeness (QED) is 0.742. The highest BCUT2D eigenvalue weighted by atomic mass is 16.5. The Hall–Kier alpha value is -1.39. The highest BCUT2D eigenvalue weighted by molar-refractivity contribution is 5.92. The van der Waals surface area contributed by atoms with Gasteiger partial charge in [-0.1, -0.05) is 12.1 Å². The summed E-state index contributed by atoms with van der Waals surface area (Å²) in [7, 11) is 1.64. The summed E-state index contributed by atoms with van der Waals surface area (Å²) in [5.41, 5.74) is 6.98. The number of carbonyl (C=O) groups is 1. The number of benzene rings is 1. The summed E-state index contributed by atoms with van der Waals surface area (Å²) in [4.78, 5) is 10.9. The third-order valence-corrected chi connectivity index (χ3v) is 1.73. The van der Waals surface area contributed by atoms with Crippen LogP contribution < -0.4 is 11.1 Å². The zero-order chi connectivity index (χ0) is 10.4. The first kappa shape index (κ1) is 10.7. The molecule has 0 aromatic heterocycles. The van der Waals surface area contributed by atoms with Crippen LogP contribution in [-0.2, 0) is 16.1 Å². The Kier molecular flexibility index (Phi) is 4.10. The number of rotatable bonds is 4. The summed E-state index contributed by atoms with van der Waals surface area (Å²) in [5, 5.41) is 2.66. The van der Waals surface area contributed by atoms with Crippen molar-refractivity contribution < 1.29 is 9.53 Å². The van der Waals surface area contributed by atoms with Gasteiger partial charge < -0.3 is 15.8 Å². The van der Waals surface area contributed by atoms with E-state index in [1.165, 1.54) is 0 Å². The number of methoxy groups -OCH3 is 1. The summed E-state index contributed by atoms with van der Waals surface area (Å²) < 4.78 is 4.96. The van der Waals surface area contributed by atoms with Gasteiger partial charge in [-0.3, -0.25) is 4.79 Å². The monoisotopic (exact) mass is 194 g/mol.